The van der Waals surface area contributed by atoms with Gasteiger partial charge in [0.05, 0.1) is 12.0 Å². The van der Waals surface area contributed by atoms with E-state index in [9.17, 15) is 9.59 Å². The lowest BCUT2D eigenvalue weighted by Gasteiger charge is -2.18. The number of rotatable bonds is 4. The Morgan fingerprint density at radius 1 is 1.33 bits per heavy atom. The fraction of sp³-hybridized carbons (Fsp3) is 0.222. The monoisotopic (exact) mass is 325 g/mol. The van der Waals surface area contributed by atoms with Crippen LogP contribution in [0.1, 0.15) is 18.2 Å². The number of fused-ring (bicyclic) bond motifs is 1. The topological polar surface area (TPSA) is 74.6 Å². The van der Waals surface area contributed by atoms with Gasteiger partial charge in [-0.05, 0) is 49.2 Å². The summed E-state index contributed by atoms with van der Waals surface area (Å²) in [7, 11) is 0. The molecule has 0 saturated carbocycles. The fourth-order valence-electron chi connectivity index (χ4n) is 2.64. The van der Waals surface area contributed by atoms with Gasteiger partial charge in [-0.2, -0.15) is 0 Å². The van der Waals surface area contributed by atoms with Crippen LogP contribution >= 0.6 is 0 Å². The summed E-state index contributed by atoms with van der Waals surface area (Å²) in [6.45, 7) is 3.12. The lowest BCUT2D eigenvalue weighted by atomic mass is 10.1. The second kappa shape index (κ2) is 7.04. The Kier molecular flexibility index (Phi) is 4.65. The highest BCUT2D eigenvalue weighted by Gasteiger charge is 2.24. The van der Waals surface area contributed by atoms with Crippen LogP contribution in [0.5, 0.6) is 0 Å². The molecule has 0 bridgehead atoms. The lowest BCUT2D eigenvalue weighted by molar-refractivity contribution is -0.111. The first-order chi connectivity index (χ1) is 11.7. The van der Waals surface area contributed by atoms with E-state index in [1.807, 2.05) is 25.1 Å². The van der Waals surface area contributed by atoms with Crippen molar-refractivity contribution < 1.29 is 14.0 Å². The molecule has 124 valence electrons. The van der Waals surface area contributed by atoms with Crippen LogP contribution in [-0.2, 0) is 11.2 Å². The molecule has 1 aliphatic rings. The van der Waals surface area contributed by atoms with Crippen LogP contribution in [0.25, 0.3) is 6.08 Å². The van der Waals surface area contributed by atoms with Gasteiger partial charge in [-0.15, -0.1) is 0 Å². The molecule has 24 heavy (non-hydrogen) atoms. The van der Waals surface area contributed by atoms with E-state index in [2.05, 4.69) is 10.6 Å². The lowest BCUT2D eigenvalue weighted by Crippen LogP contribution is -2.38. The molecule has 1 aromatic carbocycles. The molecule has 3 amide bonds. The zero-order valence-corrected chi connectivity index (χ0v) is 13.4. The molecule has 6 heteroatoms. The normalized spacial score (nSPS) is 13.1. The number of hydrogen-bond donors (Lipinski definition) is 2. The summed E-state index contributed by atoms with van der Waals surface area (Å²) in [6.07, 6.45) is 5.38. The number of nitrogens with zero attached hydrogens (tertiary/aromatic N) is 1. The zero-order chi connectivity index (χ0) is 16.9. The number of carbonyl (C=O) groups is 2. The average Bonchev–Trinajstić information content (AvgIpc) is 3.22. The Morgan fingerprint density at radius 3 is 2.96 bits per heavy atom. The molecule has 1 aromatic heterocycles. The van der Waals surface area contributed by atoms with Gasteiger partial charge in [0, 0.05) is 24.9 Å². The largest absolute Gasteiger partial charge is 0.465 e. The van der Waals surface area contributed by atoms with Gasteiger partial charge >= 0.3 is 6.03 Å². The number of carbonyl (C=O) groups excluding carboxylic acids is 2. The van der Waals surface area contributed by atoms with Gasteiger partial charge < -0.3 is 15.1 Å². The third kappa shape index (κ3) is 3.48. The Morgan fingerprint density at radius 2 is 2.21 bits per heavy atom. The van der Waals surface area contributed by atoms with Crippen LogP contribution in [0, 0.1) is 0 Å². The van der Waals surface area contributed by atoms with Crippen LogP contribution in [0.2, 0.25) is 0 Å². The molecular weight excluding hydrogens is 306 g/mol. The number of urea groups is 1. The smallest absolute Gasteiger partial charge is 0.321 e. The highest BCUT2D eigenvalue weighted by Crippen LogP contribution is 2.30. The maximum atomic E-state index is 12.1. The number of anilines is 2. The highest BCUT2D eigenvalue weighted by atomic mass is 16.3. The summed E-state index contributed by atoms with van der Waals surface area (Å²) >= 11 is 0. The van der Waals surface area contributed by atoms with Gasteiger partial charge in [-0.3, -0.25) is 9.69 Å². The third-order valence-corrected chi connectivity index (χ3v) is 3.76. The molecule has 0 aliphatic carbocycles. The summed E-state index contributed by atoms with van der Waals surface area (Å²) in [5.41, 5.74) is 2.60. The first-order valence-corrected chi connectivity index (χ1v) is 7.88. The van der Waals surface area contributed by atoms with Gasteiger partial charge in [0.1, 0.15) is 5.76 Å². The van der Waals surface area contributed by atoms with E-state index < -0.39 is 0 Å². The summed E-state index contributed by atoms with van der Waals surface area (Å²) in [5, 5.41) is 5.60. The second-order valence-electron chi connectivity index (χ2n) is 5.42. The minimum Gasteiger partial charge on any atom is -0.465 e. The summed E-state index contributed by atoms with van der Waals surface area (Å²) in [5.74, 6) is 0.357. The molecule has 0 radical (unpaired) electrons. The molecule has 2 heterocycles. The van der Waals surface area contributed by atoms with E-state index in [0.29, 0.717) is 24.5 Å². The maximum Gasteiger partial charge on any atom is 0.321 e. The van der Waals surface area contributed by atoms with Crippen LogP contribution in [0.3, 0.4) is 0 Å². The predicted octanol–water partition coefficient (Wildman–Crippen LogP) is 3.02. The summed E-state index contributed by atoms with van der Waals surface area (Å²) < 4.78 is 5.14. The Balaban J connectivity index is 1.70. The molecule has 0 saturated heterocycles. The molecule has 2 aromatic rings. The van der Waals surface area contributed by atoms with Crippen molar-refractivity contribution in [3.63, 3.8) is 0 Å². The van der Waals surface area contributed by atoms with Crippen molar-refractivity contribution in [1.29, 1.82) is 0 Å². The Hall–Kier alpha value is -3.02. The van der Waals surface area contributed by atoms with Crippen LogP contribution < -0.4 is 15.5 Å². The molecule has 0 fully saturated rings. The SMILES string of the molecule is CCNC(=O)N1CCc2ccc(NC(=O)C=Cc3ccco3)cc21. The van der Waals surface area contributed by atoms with E-state index in [4.69, 9.17) is 4.42 Å². The molecule has 0 atom stereocenters. The third-order valence-electron chi connectivity index (χ3n) is 3.76. The summed E-state index contributed by atoms with van der Waals surface area (Å²) in [6, 6.07) is 9.03. The van der Waals surface area contributed by atoms with E-state index in [1.54, 1.807) is 29.4 Å². The van der Waals surface area contributed by atoms with Crippen molar-refractivity contribution in [3.8, 4) is 0 Å². The standard InChI is InChI=1S/C18H19N3O3/c1-2-19-18(23)21-10-9-13-5-6-14(12-16(13)21)20-17(22)8-7-15-4-3-11-24-15/h3-8,11-12H,2,9-10H2,1H3,(H,19,23)(H,20,22). The van der Waals surface area contributed by atoms with Crippen molar-refractivity contribution in [3.05, 3.63) is 54.0 Å². The van der Waals surface area contributed by atoms with E-state index in [-0.39, 0.29) is 11.9 Å². The fourth-order valence-corrected chi connectivity index (χ4v) is 2.64. The first kappa shape index (κ1) is 15.9. The van der Waals surface area contributed by atoms with Crippen LogP contribution in [0.4, 0.5) is 16.2 Å². The zero-order valence-electron chi connectivity index (χ0n) is 13.4. The van der Waals surface area contributed by atoms with E-state index >= 15 is 0 Å². The average molecular weight is 325 g/mol. The minimum absolute atomic E-state index is 0.113. The second-order valence-corrected chi connectivity index (χ2v) is 5.42. The highest BCUT2D eigenvalue weighted by molar-refractivity contribution is 6.02. The van der Waals surface area contributed by atoms with E-state index in [1.165, 1.54) is 6.08 Å². The Labute approximate surface area is 140 Å². The number of benzene rings is 1. The molecule has 1 aliphatic heterocycles. The van der Waals surface area contributed by atoms with Crippen molar-refractivity contribution in [2.75, 3.05) is 23.3 Å². The van der Waals surface area contributed by atoms with Crippen molar-refractivity contribution in [2.45, 2.75) is 13.3 Å². The molecule has 3 rings (SSSR count). The quantitative estimate of drug-likeness (QED) is 0.849. The van der Waals surface area contributed by atoms with Crippen LogP contribution in [-0.4, -0.2) is 25.0 Å². The number of nitrogens with one attached hydrogen (secondary N) is 2. The predicted molar refractivity (Wildman–Crippen MR) is 92.9 cm³/mol. The van der Waals surface area contributed by atoms with Gasteiger partial charge in [-0.25, -0.2) is 4.79 Å². The summed E-state index contributed by atoms with van der Waals surface area (Å²) in [4.78, 5) is 25.8. The number of furan rings is 1. The molecular formula is C18H19N3O3. The van der Waals surface area contributed by atoms with Gasteiger partial charge in [0.2, 0.25) is 5.91 Å². The van der Waals surface area contributed by atoms with Crippen molar-refractivity contribution >= 4 is 29.4 Å². The first-order valence-electron chi connectivity index (χ1n) is 7.88. The van der Waals surface area contributed by atoms with Gasteiger partial charge in [0.25, 0.3) is 0 Å². The van der Waals surface area contributed by atoms with Gasteiger partial charge in [-0.1, -0.05) is 6.07 Å². The maximum absolute atomic E-state index is 12.1. The minimum atomic E-state index is -0.256. The molecule has 2 N–H and O–H groups in total. The Bertz CT molecular complexity index is 766. The molecule has 0 spiro atoms. The van der Waals surface area contributed by atoms with Crippen LogP contribution in [0.15, 0.2) is 47.1 Å². The van der Waals surface area contributed by atoms with Crippen molar-refractivity contribution in [1.82, 2.24) is 5.32 Å². The number of hydrogen-bond acceptors (Lipinski definition) is 3. The number of amides is 3. The van der Waals surface area contributed by atoms with Gasteiger partial charge in [0.15, 0.2) is 0 Å². The van der Waals surface area contributed by atoms with Crippen molar-refractivity contribution in [2.24, 2.45) is 0 Å². The van der Waals surface area contributed by atoms with E-state index in [0.717, 1.165) is 17.7 Å². The molecule has 6 nitrogen and oxygen atoms in total. The molecule has 0 unspecified atom stereocenters.